The zero-order valence-electron chi connectivity index (χ0n) is 31.3. The number of hydrogen-bond acceptors (Lipinski definition) is 1. The van der Waals surface area contributed by atoms with Crippen molar-refractivity contribution in [3.63, 3.8) is 0 Å². The fraction of sp³-hybridized carbons (Fsp3) is 0.115. The van der Waals surface area contributed by atoms with Crippen molar-refractivity contribution in [1.82, 2.24) is 4.57 Å². The Hall–Kier alpha value is -6.38. The lowest BCUT2D eigenvalue weighted by Crippen LogP contribution is -2.17. The van der Waals surface area contributed by atoms with Crippen LogP contribution in [0.3, 0.4) is 0 Å². The third-order valence-corrected chi connectivity index (χ3v) is 11.8. The van der Waals surface area contributed by atoms with Crippen molar-refractivity contribution in [1.29, 1.82) is 0 Å². The second-order valence-corrected chi connectivity index (χ2v) is 15.4. The van der Waals surface area contributed by atoms with E-state index in [2.05, 4.69) is 207 Å². The van der Waals surface area contributed by atoms with Crippen molar-refractivity contribution < 1.29 is 0 Å². The van der Waals surface area contributed by atoms with Gasteiger partial charge in [0.15, 0.2) is 0 Å². The van der Waals surface area contributed by atoms with E-state index in [4.69, 9.17) is 0 Å². The van der Waals surface area contributed by atoms with Crippen molar-refractivity contribution in [3.05, 3.63) is 192 Å². The van der Waals surface area contributed by atoms with Crippen molar-refractivity contribution in [3.8, 4) is 27.9 Å². The average molecular weight is 695 g/mol. The van der Waals surface area contributed by atoms with E-state index in [9.17, 15) is 0 Å². The molecule has 9 aromatic rings. The normalized spacial score (nSPS) is 13.0. The lowest BCUT2D eigenvalue weighted by Gasteiger charge is -2.30. The van der Waals surface area contributed by atoms with Gasteiger partial charge >= 0.3 is 0 Å². The van der Waals surface area contributed by atoms with E-state index in [1.807, 2.05) is 0 Å². The summed E-state index contributed by atoms with van der Waals surface area (Å²) in [5.74, 6) is 0. The van der Waals surface area contributed by atoms with Crippen LogP contribution in [0.15, 0.2) is 170 Å². The van der Waals surface area contributed by atoms with Crippen LogP contribution in [0, 0.1) is 6.92 Å². The van der Waals surface area contributed by atoms with Gasteiger partial charge in [-0.3, -0.25) is 0 Å². The highest BCUT2D eigenvalue weighted by atomic mass is 15.1. The summed E-state index contributed by atoms with van der Waals surface area (Å²) in [6.45, 7) is 9.22. The first-order valence-electron chi connectivity index (χ1n) is 19.2. The number of benzene rings is 8. The molecule has 0 bridgehead atoms. The topological polar surface area (TPSA) is 8.17 Å². The number of rotatable bonds is 6. The van der Waals surface area contributed by atoms with E-state index >= 15 is 0 Å². The predicted molar refractivity (Wildman–Crippen MR) is 230 cm³/mol. The van der Waals surface area contributed by atoms with Crippen LogP contribution in [0.2, 0.25) is 0 Å². The molecule has 0 spiro atoms. The first kappa shape index (κ1) is 32.3. The van der Waals surface area contributed by atoms with Crippen LogP contribution < -0.4 is 4.90 Å². The third-order valence-electron chi connectivity index (χ3n) is 11.8. The summed E-state index contributed by atoms with van der Waals surface area (Å²) in [5, 5.41) is 5.10. The van der Waals surface area contributed by atoms with Crippen molar-refractivity contribution >= 4 is 49.6 Å². The van der Waals surface area contributed by atoms with Gasteiger partial charge in [-0.15, -0.1) is 0 Å². The van der Waals surface area contributed by atoms with Crippen LogP contribution in [-0.4, -0.2) is 4.57 Å². The number of hydrogen-bond donors (Lipinski definition) is 0. The van der Waals surface area contributed by atoms with Gasteiger partial charge in [-0.1, -0.05) is 129 Å². The van der Waals surface area contributed by atoms with E-state index in [1.165, 1.54) is 88.5 Å². The molecule has 0 saturated heterocycles. The monoisotopic (exact) mass is 694 g/mol. The van der Waals surface area contributed by atoms with E-state index in [-0.39, 0.29) is 5.41 Å². The Morgan fingerprint density at radius 1 is 0.519 bits per heavy atom. The van der Waals surface area contributed by atoms with E-state index in [0.717, 1.165) is 17.8 Å². The molecule has 0 radical (unpaired) electrons. The number of aryl methyl sites for hydroxylation is 2. The second kappa shape index (κ2) is 12.4. The Bertz CT molecular complexity index is 2880. The summed E-state index contributed by atoms with van der Waals surface area (Å²) in [5.41, 5.74) is 17.4. The lowest BCUT2D eigenvalue weighted by molar-refractivity contribution is 0.660. The first-order chi connectivity index (χ1) is 26.4. The zero-order chi connectivity index (χ0) is 36.6. The Morgan fingerprint density at radius 3 is 1.91 bits per heavy atom. The minimum absolute atomic E-state index is 0.232. The van der Waals surface area contributed by atoms with Gasteiger partial charge in [0, 0.05) is 38.6 Å². The standard InChI is InChI=1S/C52H42N2/c1-5-35-21-24-39(25-22-35)53(38-16-10-7-11-17-38)50-33-47-51(42-19-13-12-18-41(42)50)43-27-26-40(32-46(43)52(47,3)4)54-48-28-20-34(2)30-44(48)45-31-37(23-29-49(45)54)36-14-8-6-9-15-36/h6-33H,5H2,1-4H3. The SMILES string of the molecule is CCc1ccc(N(c2ccccc2)c2cc3c(c4ccccc24)-c2ccc(-n4c5ccc(C)cc5c5cc(-c6ccccc6)ccc54)cc2C3(C)C)cc1. The molecule has 1 aromatic heterocycles. The van der Waals surface area contributed by atoms with Gasteiger partial charge < -0.3 is 9.47 Å². The van der Waals surface area contributed by atoms with E-state index in [0.29, 0.717) is 0 Å². The summed E-state index contributed by atoms with van der Waals surface area (Å²) in [7, 11) is 0. The molecular weight excluding hydrogens is 653 g/mol. The van der Waals surface area contributed by atoms with Gasteiger partial charge in [-0.25, -0.2) is 0 Å². The number of anilines is 3. The predicted octanol–water partition coefficient (Wildman–Crippen LogP) is 14.3. The van der Waals surface area contributed by atoms with Crippen molar-refractivity contribution in [2.24, 2.45) is 0 Å². The maximum absolute atomic E-state index is 2.48. The minimum Gasteiger partial charge on any atom is -0.310 e. The van der Waals surface area contributed by atoms with Crippen LogP contribution in [0.4, 0.5) is 17.1 Å². The Kier molecular flexibility index (Phi) is 7.39. The first-order valence-corrected chi connectivity index (χ1v) is 19.2. The minimum atomic E-state index is -0.232. The fourth-order valence-corrected chi connectivity index (χ4v) is 8.99. The van der Waals surface area contributed by atoms with Crippen molar-refractivity contribution in [2.75, 3.05) is 4.90 Å². The van der Waals surface area contributed by atoms with Crippen LogP contribution in [0.25, 0.3) is 60.5 Å². The highest BCUT2D eigenvalue weighted by Crippen LogP contribution is 2.55. The van der Waals surface area contributed by atoms with Crippen LogP contribution >= 0.6 is 0 Å². The van der Waals surface area contributed by atoms with Gasteiger partial charge in [0.05, 0.1) is 16.7 Å². The highest BCUT2D eigenvalue weighted by Gasteiger charge is 2.38. The Balaban J connectivity index is 1.17. The molecule has 1 aliphatic carbocycles. The lowest BCUT2D eigenvalue weighted by atomic mass is 9.81. The van der Waals surface area contributed by atoms with Gasteiger partial charge in [0.1, 0.15) is 0 Å². The zero-order valence-corrected chi connectivity index (χ0v) is 31.3. The largest absolute Gasteiger partial charge is 0.310 e. The molecule has 1 aliphatic rings. The molecule has 54 heavy (non-hydrogen) atoms. The quantitative estimate of drug-likeness (QED) is 0.168. The third kappa shape index (κ3) is 4.94. The van der Waals surface area contributed by atoms with Crippen LogP contribution in [0.5, 0.6) is 0 Å². The van der Waals surface area contributed by atoms with Gasteiger partial charge in [0.25, 0.3) is 0 Å². The van der Waals surface area contributed by atoms with Gasteiger partial charge in [-0.2, -0.15) is 0 Å². The molecule has 1 heterocycles. The molecule has 0 N–H and O–H groups in total. The molecule has 0 amide bonds. The summed E-state index contributed by atoms with van der Waals surface area (Å²) in [6.07, 6.45) is 1.02. The molecule has 10 rings (SSSR count). The fourth-order valence-electron chi connectivity index (χ4n) is 8.99. The molecular formula is C52H42N2. The summed E-state index contributed by atoms with van der Waals surface area (Å²) < 4.78 is 2.47. The Labute approximate surface area is 317 Å². The maximum atomic E-state index is 2.48. The molecule has 2 heteroatoms. The van der Waals surface area contributed by atoms with Crippen LogP contribution in [0.1, 0.15) is 43.0 Å². The van der Waals surface area contributed by atoms with E-state index < -0.39 is 0 Å². The molecule has 0 saturated carbocycles. The average Bonchev–Trinajstić information content (AvgIpc) is 3.65. The molecule has 8 aromatic carbocycles. The molecule has 260 valence electrons. The van der Waals surface area contributed by atoms with E-state index in [1.54, 1.807) is 0 Å². The second-order valence-electron chi connectivity index (χ2n) is 15.4. The molecule has 0 unspecified atom stereocenters. The molecule has 0 fully saturated rings. The number of aromatic nitrogens is 1. The summed E-state index contributed by atoms with van der Waals surface area (Å²) >= 11 is 0. The van der Waals surface area contributed by atoms with Crippen molar-refractivity contribution in [2.45, 2.75) is 39.5 Å². The number of para-hydroxylation sites is 1. The smallest absolute Gasteiger partial charge is 0.0543 e. The van der Waals surface area contributed by atoms with Crippen LogP contribution in [-0.2, 0) is 11.8 Å². The molecule has 2 nitrogen and oxygen atoms in total. The summed E-state index contributed by atoms with van der Waals surface area (Å²) in [4.78, 5) is 2.44. The Morgan fingerprint density at radius 2 is 1.17 bits per heavy atom. The highest BCUT2D eigenvalue weighted by molar-refractivity contribution is 6.12. The maximum Gasteiger partial charge on any atom is 0.0543 e. The number of nitrogens with zero attached hydrogens (tertiary/aromatic N) is 2. The molecule has 0 atom stereocenters. The summed E-state index contributed by atoms with van der Waals surface area (Å²) in [6, 6.07) is 63.1. The molecule has 0 aliphatic heterocycles. The number of fused-ring (bicyclic) bond motifs is 8. The van der Waals surface area contributed by atoms with Gasteiger partial charge in [-0.05, 0) is 124 Å². The van der Waals surface area contributed by atoms with Gasteiger partial charge in [0.2, 0.25) is 0 Å².